The number of hydrogen-bond acceptors (Lipinski definition) is 4. The molecule has 0 radical (unpaired) electrons. The maximum absolute atomic E-state index is 11.0. The molecular weight excluding hydrogens is 256 g/mol. The second-order valence-electron chi connectivity index (χ2n) is 3.55. The van der Waals surface area contributed by atoms with Crippen LogP contribution in [-0.4, -0.2) is 42.9 Å². The summed E-state index contributed by atoms with van der Waals surface area (Å²) in [4.78, 5) is 17.0. The van der Waals surface area contributed by atoms with Gasteiger partial charge in [-0.3, -0.25) is 0 Å². The molecule has 0 aliphatic rings. The number of anilines is 1. The molecule has 0 saturated carbocycles. The molecule has 0 atom stereocenters. The first kappa shape index (κ1) is 14.5. The van der Waals surface area contributed by atoms with E-state index in [1.165, 1.54) is 12.3 Å². The monoisotopic (exact) mass is 270 g/mol. The highest BCUT2D eigenvalue weighted by molar-refractivity contribution is 6.33. The number of carbonyl (C=O) groups is 1. The van der Waals surface area contributed by atoms with E-state index in [0.29, 0.717) is 25.5 Å². The molecule has 6 heteroatoms. The minimum absolute atomic E-state index is 0.0353. The summed E-state index contributed by atoms with van der Waals surface area (Å²) in [6.07, 6.45) is 3.05. The normalized spacial score (nSPS) is 10.1. The molecule has 0 aliphatic heterocycles. The van der Waals surface area contributed by atoms with Crippen molar-refractivity contribution in [1.82, 2.24) is 4.98 Å². The zero-order valence-electron chi connectivity index (χ0n) is 10.1. The summed E-state index contributed by atoms with van der Waals surface area (Å²) in [5.74, 6) is -0.539. The van der Waals surface area contributed by atoms with Crippen LogP contribution in [0.25, 0.3) is 0 Å². The fraction of sp³-hybridized carbons (Fsp3) is 0.333. The van der Waals surface area contributed by atoms with Crippen molar-refractivity contribution in [2.45, 2.75) is 0 Å². The van der Waals surface area contributed by atoms with Crippen molar-refractivity contribution in [3.05, 3.63) is 35.5 Å². The molecule has 0 saturated heterocycles. The summed E-state index contributed by atoms with van der Waals surface area (Å²) in [5.41, 5.74) is 0.0353. The van der Waals surface area contributed by atoms with Gasteiger partial charge in [-0.2, -0.15) is 0 Å². The van der Waals surface area contributed by atoms with Gasteiger partial charge in [-0.1, -0.05) is 17.7 Å². The lowest BCUT2D eigenvalue weighted by atomic mass is 10.2. The van der Waals surface area contributed by atoms with E-state index in [4.69, 9.17) is 21.4 Å². The molecule has 98 valence electrons. The fourth-order valence-electron chi connectivity index (χ4n) is 1.42. The van der Waals surface area contributed by atoms with Gasteiger partial charge >= 0.3 is 5.97 Å². The van der Waals surface area contributed by atoms with E-state index in [-0.39, 0.29) is 10.6 Å². The summed E-state index contributed by atoms with van der Waals surface area (Å²) < 4.78 is 5.00. The van der Waals surface area contributed by atoms with Gasteiger partial charge in [-0.25, -0.2) is 9.78 Å². The fourth-order valence-corrected chi connectivity index (χ4v) is 1.61. The Morgan fingerprint density at radius 2 is 2.44 bits per heavy atom. The van der Waals surface area contributed by atoms with Crippen molar-refractivity contribution in [2.75, 3.05) is 31.7 Å². The van der Waals surface area contributed by atoms with Crippen LogP contribution in [0.1, 0.15) is 10.4 Å². The number of hydrogen-bond donors (Lipinski definition) is 1. The smallest absolute Gasteiger partial charge is 0.337 e. The number of carboxylic acid groups (broad SMARTS) is 1. The molecule has 5 nitrogen and oxygen atoms in total. The Bertz CT molecular complexity index is 437. The summed E-state index contributed by atoms with van der Waals surface area (Å²) >= 11 is 5.77. The standard InChI is InChI=1S/C12H15ClN2O3/c1-3-4-15(5-6-18-2)11-7-9(12(16)17)10(13)8-14-11/h3,7-8H,1,4-6H2,2H3,(H,16,17). The molecule has 0 unspecified atom stereocenters. The Morgan fingerprint density at radius 1 is 1.72 bits per heavy atom. The largest absolute Gasteiger partial charge is 0.478 e. The third kappa shape index (κ3) is 3.72. The molecule has 0 fully saturated rings. The molecule has 18 heavy (non-hydrogen) atoms. The number of rotatable bonds is 7. The van der Waals surface area contributed by atoms with Crippen LogP contribution in [0.15, 0.2) is 24.9 Å². The summed E-state index contributed by atoms with van der Waals surface area (Å²) in [5, 5.41) is 9.12. The predicted molar refractivity (Wildman–Crippen MR) is 70.5 cm³/mol. The maximum atomic E-state index is 11.0. The van der Waals surface area contributed by atoms with Crippen LogP contribution in [0, 0.1) is 0 Å². The average molecular weight is 271 g/mol. The van der Waals surface area contributed by atoms with Gasteiger partial charge in [0.2, 0.25) is 0 Å². The number of methoxy groups -OCH3 is 1. The minimum Gasteiger partial charge on any atom is -0.478 e. The first-order valence-corrected chi connectivity index (χ1v) is 5.71. The number of aromatic carboxylic acids is 1. The highest BCUT2D eigenvalue weighted by Crippen LogP contribution is 2.20. The Labute approximate surface area is 111 Å². The van der Waals surface area contributed by atoms with E-state index in [1.54, 1.807) is 13.2 Å². The average Bonchev–Trinajstić information content (AvgIpc) is 2.35. The number of ether oxygens (including phenoxy) is 1. The van der Waals surface area contributed by atoms with Gasteiger partial charge in [0.05, 0.1) is 17.2 Å². The Hall–Kier alpha value is -1.59. The van der Waals surface area contributed by atoms with Crippen molar-refractivity contribution in [1.29, 1.82) is 0 Å². The van der Waals surface area contributed by atoms with Crippen molar-refractivity contribution in [2.24, 2.45) is 0 Å². The Balaban J connectivity index is 3.00. The van der Waals surface area contributed by atoms with E-state index >= 15 is 0 Å². The second kappa shape index (κ2) is 6.98. The molecule has 1 rings (SSSR count). The lowest BCUT2D eigenvalue weighted by Gasteiger charge is -2.22. The van der Waals surface area contributed by atoms with Crippen molar-refractivity contribution >= 4 is 23.4 Å². The molecule has 0 bridgehead atoms. The van der Waals surface area contributed by atoms with Gasteiger partial charge in [0.25, 0.3) is 0 Å². The maximum Gasteiger partial charge on any atom is 0.337 e. The first-order valence-electron chi connectivity index (χ1n) is 5.33. The molecule has 0 amide bonds. The van der Waals surface area contributed by atoms with Crippen LogP contribution in [0.3, 0.4) is 0 Å². The number of aromatic nitrogens is 1. The van der Waals surface area contributed by atoms with Gasteiger partial charge in [0.15, 0.2) is 0 Å². The van der Waals surface area contributed by atoms with E-state index < -0.39 is 5.97 Å². The highest BCUT2D eigenvalue weighted by atomic mass is 35.5. The van der Waals surface area contributed by atoms with Crippen LogP contribution in [-0.2, 0) is 4.74 Å². The number of pyridine rings is 1. The molecular formula is C12H15ClN2O3. The molecule has 0 spiro atoms. The minimum atomic E-state index is -1.08. The SMILES string of the molecule is C=CCN(CCOC)c1cc(C(=O)O)c(Cl)cn1. The lowest BCUT2D eigenvalue weighted by molar-refractivity contribution is 0.0697. The van der Waals surface area contributed by atoms with Crippen LogP contribution < -0.4 is 4.90 Å². The van der Waals surface area contributed by atoms with Gasteiger partial charge in [-0.05, 0) is 6.07 Å². The summed E-state index contributed by atoms with van der Waals surface area (Å²) in [6, 6.07) is 1.45. The third-order valence-corrected chi connectivity index (χ3v) is 2.61. The topological polar surface area (TPSA) is 62.7 Å². The van der Waals surface area contributed by atoms with Crippen LogP contribution in [0.5, 0.6) is 0 Å². The van der Waals surface area contributed by atoms with Crippen LogP contribution >= 0.6 is 11.6 Å². The van der Waals surface area contributed by atoms with Crippen molar-refractivity contribution < 1.29 is 14.6 Å². The number of carboxylic acids is 1. The van der Waals surface area contributed by atoms with Crippen molar-refractivity contribution in [3.8, 4) is 0 Å². The zero-order chi connectivity index (χ0) is 13.5. The van der Waals surface area contributed by atoms with Crippen LogP contribution in [0.4, 0.5) is 5.82 Å². The lowest BCUT2D eigenvalue weighted by Crippen LogP contribution is -2.28. The van der Waals surface area contributed by atoms with Gasteiger partial charge in [0, 0.05) is 26.4 Å². The first-order chi connectivity index (χ1) is 8.60. The van der Waals surface area contributed by atoms with Crippen LogP contribution in [0.2, 0.25) is 5.02 Å². The summed E-state index contributed by atoms with van der Waals surface area (Å²) in [7, 11) is 1.60. The quantitative estimate of drug-likeness (QED) is 0.769. The van der Waals surface area contributed by atoms with E-state index in [9.17, 15) is 4.79 Å². The Morgan fingerprint density at radius 3 is 3.00 bits per heavy atom. The van der Waals surface area contributed by atoms with E-state index in [2.05, 4.69) is 11.6 Å². The van der Waals surface area contributed by atoms with E-state index in [1.807, 2.05) is 4.90 Å². The number of halogens is 1. The predicted octanol–water partition coefficient (Wildman–Crippen LogP) is 2.07. The number of nitrogens with zero attached hydrogens (tertiary/aromatic N) is 2. The molecule has 1 N–H and O–H groups in total. The Kier molecular flexibility index (Phi) is 5.61. The third-order valence-electron chi connectivity index (χ3n) is 2.31. The summed E-state index contributed by atoms with van der Waals surface area (Å²) in [6.45, 7) is 5.32. The van der Waals surface area contributed by atoms with Gasteiger partial charge < -0.3 is 14.7 Å². The molecule has 1 heterocycles. The van der Waals surface area contributed by atoms with Gasteiger partial charge in [0.1, 0.15) is 5.82 Å². The molecule has 0 aromatic carbocycles. The highest BCUT2D eigenvalue weighted by Gasteiger charge is 2.13. The second-order valence-corrected chi connectivity index (χ2v) is 3.96. The van der Waals surface area contributed by atoms with Crippen molar-refractivity contribution in [3.63, 3.8) is 0 Å². The molecule has 0 aliphatic carbocycles. The van der Waals surface area contributed by atoms with E-state index in [0.717, 1.165) is 0 Å². The zero-order valence-corrected chi connectivity index (χ0v) is 10.9. The molecule has 1 aromatic rings. The van der Waals surface area contributed by atoms with Gasteiger partial charge in [-0.15, -0.1) is 6.58 Å². The molecule has 1 aromatic heterocycles.